The average Bonchev–Trinajstić information content (AvgIpc) is 2.84. The molecule has 21 heavy (non-hydrogen) atoms. The predicted molar refractivity (Wildman–Crippen MR) is 79.5 cm³/mol. The van der Waals surface area contributed by atoms with Crippen LogP contribution in [0.1, 0.15) is 29.0 Å². The molecule has 1 heterocycles. The molecule has 1 aromatic heterocycles. The lowest BCUT2D eigenvalue weighted by molar-refractivity contribution is 0.0935. The number of amides is 1. The van der Waals surface area contributed by atoms with E-state index >= 15 is 0 Å². The molecular formula is C13H14ClN3O3S. The first kappa shape index (κ1) is 15.6. The van der Waals surface area contributed by atoms with E-state index in [0.29, 0.717) is 16.3 Å². The highest BCUT2D eigenvalue weighted by Gasteiger charge is 2.15. The Kier molecular flexibility index (Phi) is 4.36. The van der Waals surface area contributed by atoms with Gasteiger partial charge in [-0.2, -0.15) is 0 Å². The lowest BCUT2D eigenvalue weighted by atomic mass is 10.1. The summed E-state index contributed by atoms with van der Waals surface area (Å²) in [5.74, 6) is -0.338. The molecule has 0 radical (unpaired) electrons. The first-order valence-electron chi connectivity index (χ1n) is 6.05. The summed E-state index contributed by atoms with van der Waals surface area (Å²) in [5, 5.41) is 8.26. The number of aromatic nitrogens is 1. The molecule has 0 aliphatic rings. The van der Waals surface area contributed by atoms with Crippen LogP contribution in [0.15, 0.2) is 41.4 Å². The Morgan fingerprint density at radius 1 is 1.38 bits per heavy atom. The predicted octanol–water partition coefficient (Wildman–Crippen LogP) is 1.81. The van der Waals surface area contributed by atoms with Crippen molar-refractivity contribution in [1.29, 1.82) is 0 Å². The van der Waals surface area contributed by atoms with E-state index in [4.69, 9.17) is 16.7 Å². The summed E-state index contributed by atoms with van der Waals surface area (Å²) >= 11 is 5.74. The van der Waals surface area contributed by atoms with Crippen LogP contribution in [0.2, 0.25) is 5.02 Å². The Bertz CT molecular complexity index is 770. The number of carbonyl (C=O) groups is 1. The van der Waals surface area contributed by atoms with Gasteiger partial charge >= 0.3 is 0 Å². The number of carbonyl (C=O) groups excluding carboxylic acids is 1. The number of H-pyrrole nitrogens is 1. The molecular weight excluding hydrogens is 314 g/mol. The van der Waals surface area contributed by atoms with Crippen molar-refractivity contribution >= 4 is 27.5 Å². The maximum absolute atomic E-state index is 12.0. The number of benzene rings is 1. The molecule has 4 N–H and O–H groups in total. The van der Waals surface area contributed by atoms with Crippen molar-refractivity contribution in [2.24, 2.45) is 5.14 Å². The number of rotatable bonds is 4. The molecule has 1 atom stereocenters. The highest BCUT2D eigenvalue weighted by Crippen LogP contribution is 2.17. The third-order valence-electron chi connectivity index (χ3n) is 2.93. The second kappa shape index (κ2) is 5.88. The van der Waals surface area contributed by atoms with Gasteiger partial charge in [-0.05, 0) is 30.7 Å². The maximum atomic E-state index is 12.0. The van der Waals surface area contributed by atoms with Gasteiger partial charge in [0.05, 0.1) is 16.0 Å². The molecule has 2 rings (SSSR count). The van der Waals surface area contributed by atoms with Gasteiger partial charge in [0.15, 0.2) is 0 Å². The minimum Gasteiger partial charge on any atom is -0.356 e. The number of hydrogen-bond donors (Lipinski definition) is 3. The number of halogens is 1. The van der Waals surface area contributed by atoms with Crippen LogP contribution < -0.4 is 10.5 Å². The molecule has 0 bridgehead atoms. The summed E-state index contributed by atoms with van der Waals surface area (Å²) in [5.41, 5.74) is 0.960. The van der Waals surface area contributed by atoms with Crippen LogP contribution in [0, 0.1) is 0 Å². The number of sulfonamides is 1. The van der Waals surface area contributed by atoms with Crippen LogP contribution in [0.25, 0.3) is 0 Å². The summed E-state index contributed by atoms with van der Waals surface area (Å²) in [6.07, 6.45) is 1.50. The Hall–Kier alpha value is -1.83. The number of nitrogens with two attached hydrogens (primary N) is 1. The van der Waals surface area contributed by atoms with E-state index in [-0.39, 0.29) is 16.8 Å². The van der Waals surface area contributed by atoms with Crippen molar-refractivity contribution < 1.29 is 13.2 Å². The molecule has 0 saturated heterocycles. The van der Waals surface area contributed by atoms with Crippen molar-refractivity contribution in [2.45, 2.75) is 17.9 Å². The summed E-state index contributed by atoms with van der Waals surface area (Å²) < 4.78 is 22.6. The second-order valence-corrected chi connectivity index (χ2v) is 6.54. The Morgan fingerprint density at radius 3 is 2.67 bits per heavy atom. The van der Waals surface area contributed by atoms with Crippen LogP contribution in [-0.2, 0) is 10.0 Å². The maximum Gasteiger partial charge on any atom is 0.268 e. The van der Waals surface area contributed by atoms with E-state index in [9.17, 15) is 13.2 Å². The van der Waals surface area contributed by atoms with E-state index in [1.165, 1.54) is 24.4 Å². The van der Waals surface area contributed by atoms with Gasteiger partial charge in [-0.25, -0.2) is 13.6 Å². The molecule has 0 aliphatic heterocycles. The van der Waals surface area contributed by atoms with Crippen molar-refractivity contribution in [3.05, 3.63) is 52.8 Å². The fraction of sp³-hybridized carbons (Fsp3) is 0.154. The van der Waals surface area contributed by atoms with Crippen LogP contribution >= 0.6 is 11.6 Å². The zero-order valence-electron chi connectivity index (χ0n) is 11.1. The third-order valence-corrected chi connectivity index (χ3v) is 4.06. The van der Waals surface area contributed by atoms with Crippen LogP contribution in [0.4, 0.5) is 0 Å². The van der Waals surface area contributed by atoms with E-state index < -0.39 is 10.0 Å². The molecule has 0 spiro atoms. The molecule has 0 aliphatic carbocycles. The monoisotopic (exact) mass is 327 g/mol. The first-order valence-corrected chi connectivity index (χ1v) is 7.97. The number of aromatic amines is 1. The van der Waals surface area contributed by atoms with E-state index in [1.54, 1.807) is 19.1 Å². The van der Waals surface area contributed by atoms with Crippen molar-refractivity contribution in [3.8, 4) is 0 Å². The topological polar surface area (TPSA) is 105 Å². The van der Waals surface area contributed by atoms with E-state index in [2.05, 4.69) is 10.3 Å². The third kappa shape index (κ3) is 3.84. The van der Waals surface area contributed by atoms with Gasteiger partial charge in [0.25, 0.3) is 5.91 Å². The SMILES string of the molecule is C[C@@H](NC(=O)c1cc(Cl)c[nH]1)c1cccc(S(N)(=O)=O)c1. The van der Waals surface area contributed by atoms with Gasteiger partial charge in [0, 0.05) is 6.20 Å². The highest BCUT2D eigenvalue weighted by atomic mass is 35.5. The average molecular weight is 328 g/mol. The van der Waals surface area contributed by atoms with Gasteiger partial charge in [-0.1, -0.05) is 23.7 Å². The van der Waals surface area contributed by atoms with Crippen molar-refractivity contribution in [1.82, 2.24) is 10.3 Å². The van der Waals surface area contributed by atoms with Gasteiger partial charge in [0.2, 0.25) is 10.0 Å². The largest absolute Gasteiger partial charge is 0.356 e. The number of primary sulfonamides is 1. The van der Waals surface area contributed by atoms with Gasteiger partial charge < -0.3 is 10.3 Å². The molecule has 1 aromatic carbocycles. The molecule has 112 valence electrons. The summed E-state index contributed by atoms with van der Waals surface area (Å²) in [7, 11) is -3.77. The highest BCUT2D eigenvalue weighted by molar-refractivity contribution is 7.89. The smallest absolute Gasteiger partial charge is 0.268 e. The van der Waals surface area contributed by atoms with Crippen LogP contribution in [0.3, 0.4) is 0 Å². The Balaban J connectivity index is 2.17. The standard InChI is InChI=1S/C13H14ClN3O3S/c1-8(17-13(18)12-6-10(14)7-16-12)9-3-2-4-11(5-9)21(15,19)20/h2-8,16H,1H3,(H,17,18)(H2,15,19,20)/t8-/m1/s1. The van der Waals surface area contributed by atoms with Gasteiger partial charge in [-0.3, -0.25) is 4.79 Å². The number of nitrogens with one attached hydrogen (secondary N) is 2. The Morgan fingerprint density at radius 2 is 2.10 bits per heavy atom. The molecule has 0 unspecified atom stereocenters. The van der Waals surface area contributed by atoms with Gasteiger partial charge in [0.1, 0.15) is 5.69 Å². The molecule has 0 saturated carbocycles. The zero-order valence-corrected chi connectivity index (χ0v) is 12.7. The molecule has 2 aromatic rings. The number of hydrogen-bond acceptors (Lipinski definition) is 3. The van der Waals surface area contributed by atoms with E-state index in [1.807, 2.05) is 0 Å². The van der Waals surface area contributed by atoms with Crippen molar-refractivity contribution in [2.75, 3.05) is 0 Å². The second-order valence-electron chi connectivity index (χ2n) is 4.54. The van der Waals surface area contributed by atoms with E-state index in [0.717, 1.165) is 0 Å². The minimum atomic E-state index is -3.77. The summed E-state index contributed by atoms with van der Waals surface area (Å²) in [6.45, 7) is 1.74. The summed E-state index contributed by atoms with van der Waals surface area (Å²) in [4.78, 5) is 14.7. The first-order chi connectivity index (χ1) is 9.77. The molecule has 8 heteroatoms. The van der Waals surface area contributed by atoms with Gasteiger partial charge in [-0.15, -0.1) is 0 Å². The van der Waals surface area contributed by atoms with Crippen LogP contribution in [0.5, 0.6) is 0 Å². The quantitative estimate of drug-likeness (QED) is 0.797. The van der Waals surface area contributed by atoms with Crippen molar-refractivity contribution in [3.63, 3.8) is 0 Å². The molecule has 1 amide bonds. The zero-order chi connectivity index (χ0) is 15.6. The Labute approximate surface area is 127 Å². The fourth-order valence-corrected chi connectivity index (χ4v) is 2.55. The molecule has 6 nitrogen and oxygen atoms in total. The molecule has 0 fully saturated rings. The fourth-order valence-electron chi connectivity index (χ4n) is 1.82. The summed E-state index contributed by atoms with van der Waals surface area (Å²) in [6, 6.07) is 7.23. The normalized spacial score (nSPS) is 12.9. The van der Waals surface area contributed by atoms with Crippen LogP contribution in [-0.4, -0.2) is 19.3 Å². The lowest BCUT2D eigenvalue weighted by Crippen LogP contribution is -2.27. The minimum absolute atomic E-state index is 0.00372. The lowest BCUT2D eigenvalue weighted by Gasteiger charge is -2.14.